The molecule has 0 saturated carbocycles. The Hall–Kier alpha value is -3.47. The van der Waals surface area contributed by atoms with Gasteiger partial charge in [-0.25, -0.2) is 4.79 Å². The van der Waals surface area contributed by atoms with Gasteiger partial charge in [-0.3, -0.25) is 9.97 Å². The summed E-state index contributed by atoms with van der Waals surface area (Å²) in [6.45, 7) is 1.50. The predicted molar refractivity (Wildman–Crippen MR) is 111 cm³/mol. The van der Waals surface area contributed by atoms with Crippen LogP contribution in [0.3, 0.4) is 0 Å². The van der Waals surface area contributed by atoms with Gasteiger partial charge in [-0.15, -0.1) is 0 Å². The van der Waals surface area contributed by atoms with Crippen molar-refractivity contribution in [2.45, 2.75) is 12.3 Å². The van der Waals surface area contributed by atoms with Gasteiger partial charge < -0.3 is 10.2 Å². The SMILES string of the molecule is O=C(Nc1cc2ccncc2c2ncccc12)N1CC[C@H](c2ccccc2)C1. The first-order valence-corrected chi connectivity index (χ1v) is 9.52. The van der Waals surface area contributed by atoms with E-state index in [9.17, 15) is 4.79 Å². The van der Waals surface area contributed by atoms with Crippen LogP contribution in [0.1, 0.15) is 17.9 Å². The zero-order chi connectivity index (χ0) is 18.9. The standard InChI is InChI=1S/C23H20N4O/c28-23(27-12-9-18(15-27)16-5-2-1-3-6-16)26-21-13-17-8-11-24-14-20(17)22-19(21)7-4-10-25-22/h1-8,10-11,13-14,18H,9,12,15H2,(H,26,28)/t18-/m0/s1. The number of carbonyl (C=O) groups excluding carboxylic acids is 1. The fraction of sp³-hybridized carbons (Fsp3) is 0.174. The normalized spacial score (nSPS) is 16.6. The summed E-state index contributed by atoms with van der Waals surface area (Å²) in [6, 6.07) is 18.2. The molecule has 0 unspecified atom stereocenters. The number of benzene rings is 2. The van der Waals surface area contributed by atoms with Gasteiger partial charge in [0.15, 0.2) is 0 Å². The number of hydrogen-bond donors (Lipinski definition) is 1. The summed E-state index contributed by atoms with van der Waals surface area (Å²) in [5.74, 6) is 0.396. The van der Waals surface area contributed by atoms with Crippen LogP contribution in [-0.4, -0.2) is 34.0 Å². The van der Waals surface area contributed by atoms with Gasteiger partial charge in [0, 0.05) is 48.4 Å². The van der Waals surface area contributed by atoms with E-state index in [-0.39, 0.29) is 6.03 Å². The molecule has 1 aliphatic rings. The van der Waals surface area contributed by atoms with Gasteiger partial charge in [-0.1, -0.05) is 30.3 Å². The average molecular weight is 368 g/mol. The van der Waals surface area contributed by atoms with Crippen molar-refractivity contribution in [2.24, 2.45) is 0 Å². The van der Waals surface area contributed by atoms with Crippen LogP contribution in [0.15, 0.2) is 73.2 Å². The number of likely N-dealkylation sites (tertiary alicyclic amines) is 1. The van der Waals surface area contributed by atoms with Crippen LogP contribution in [0.4, 0.5) is 10.5 Å². The number of hydrogen-bond acceptors (Lipinski definition) is 3. The van der Waals surface area contributed by atoms with Gasteiger partial charge in [-0.2, -0.15) is 0 Å². The highest BCUT2D eigenvalue weighted by Crippen LogP contribution is 2.31. The maximum atomic E-state index is 13.0. The Labute approximate surface area is 163 Å². The Kier molecular flexibility index (Phi) is 4.13. The van der Waals surface area contributed by atoms with Gasteiger partial charge in [0.2, 0.25) is 0 Å². The third-order valence-electron chi connectivity index (χ3n) is 5.50. The van der Waals surface area contributed by atoms with Crippen LogP contribution in [0.5, 0.6) is 0 Å². The number of fused-ring (bicyclic) bond motifs is 3. The molecule has 4 aromatic rings. The van der Waals surface area contributed by atoms with Crippen molar-refractivity contribution in [2.75, 3.05) is 18.4 Å². The van der Waals surface area contributed by atoms with Crippen LogP contribution < -0.4 is 5.32 Å². The predicted octanol–water partition coefficient (Wildman–Crippen LogP) is 4.80. The van der Waals surface area contributed by atoms with Gasteiger partial charge in [0.05, 0.1) is 11.2 Å². The second kappa shape index (κ2) is 6.93. The number of anilines is 1. The summed E-state index contributed by atoms with van der Waals surface area (Å²) in [5.41, 5.74) is 2.94. The number of aromatic nitrogens is 2. The number of pyridine rings is 2. The molecule has 1 atom stereocenters. The topological polar surface area (TPSA) is 58.1 Å². The molecule has 5 heteroatoms. The van der Waals surface area contributed by atoms with E-state index in [2.05, 4.69) is 39.6 Å². The lowest BCUT2D eigenvalue weighted by Gasteiger charge is -2.19. The van der Waals surface area contributed by atoms with E-state index in [4.69, 9.17) is 0 Å². The van der Waals surface area contributed by atoms with E-state index >= 15 is 0 Å². The van der Waals surface area contributed by atoms with Crippen LogP contribution in [0.2, 0.25) is 0 Å². The van der Waals surface area contributed by atoms with E-state index in [1.165, 1.54) is 5.56 Å². The van der Waals surface area contributed by atoms with E-state index < -0.39 is 0 Å². The minimum atomic E-state index is -0.0583. The summed E-state index contributed by atoms with van der Waals surface area (Å²) < 4.78 is 0. The summed E-state index contributed by atoms with van der Waals surface area (Å²) >= 11 is 0. The molecule has 1 fully saturated rings. The van der Waals surface area contributed by atoms with Gasteiger partial charge in [0.25, 0.3) is 0 Å². The summed E-state index contributed by atoms with van der Waals surface area (Å²) in [7, 11) is 0. The fourth-order valence-corrected chi connectivity index (χ4v) is 4.04. The molecule has 2 aromatic heterocycles. The zero-order valence-corrected chi connectivity index (χ0v) is 15.4. The first-order valence-electron chi connectivity index (χ1n) is 9.52. The molecule has 5 nitrogen and oxygen atoms in total. The fourth-order valence-electron chi connectivity index (χ4n) is 4.04. The molecule has 0 spiro atoms. The minimum Gasteiger partial charge on any atom is -0.324 e. The monoisotopic (exact) mass is 368 g/mol. The Bertz CT molecular complexity index is 1160. The maximum Gasteiger partial charge on any atom is 0.321 e. The van der Waals surface area contributed by atoms with Crippen LogP contribution in [0.25, 0.3) is 21.7 Å². The van der Waals surface area contributed by atoms with E-state index in [0.29, 0.717) is 5.92 Å². The lowest BCUT2D eigenvalue weighted by Crippen LogP contribution is -2.32. The largest absolute Gasteiger partial charge is 0.324 e. The summed E-state index contributed by atoms with van der Waals surface area (Å²) in [5, 5.41) is 6.05. The van der Waals surface area contributed by atoms with Gasteiger partial charge >= 0.3 is 6.03 Å². The number of nitrogens with zero attached hydrogens (tertiary/aromatic N) is 3. The Morgan fingerprint density at radius 2 is 1.93 bits per heavy atom. The molecule has 138 valence electrons. The van der Waals surface area contributed by atoms with Crippen LogP contribution >= 0.6 is 0 Å². The van der Waals surface area contributed by atoms with Crippen molar-refractivity contribution in [3.63, 3.8) is 0 Å². The molecule has 1 N–H and O–H groups in total. The molecule has 0 bridgehead atoms. The van der Waals surface area contributed by atoms with Crippen molar-refractivity contribution >= 4 is 33.4 Å². The first-order chi connectivity index (χ1) is 13.8. The van der Waals surface area contributed by atoms with Crippen molar-refractivity contribution < 1.29 is 4.79 Å². The number of rotatable bonds is 2. The molecule has 5 rings (SSSR count). The summed E-state index contributed by atoms with van der Waals surface area (Å²) in [4.78, 5) is 23.6. The smallest absolute Gasteiger partial charge is 0.321 e. The second-order valence-electron chi connectivity index (χ2n) is 7.19. The molecule has 28 heavy (non-hydrogen) atoms. The second-order valence-corrected chi connectivity index (χ2v) is 7.19. The van der Waals surface area contributed by atoms with Gasteiger partial charge in [-0.05, 0) is 41.6 Å². The van der Waals surface area contributed by atoms with Crippen molar-refractivity contribution in [3.8, 4) is 0 Å². The third-order valence-corrected chi connectivity index (χ3v) is 5.50. The number of amides is 2. The quantitative estimate of drug-likeness (QED) is 0.517. The summed E-state index contributed by atoms with van der Waals surface area (Å²) in [6.07, 6.45) is 6.34. The number of nitrogens with one attached hydrogen (secondary N) is 1. The molecule has 2 amide bonds. The first kappa shape index (κ1) is 16.7. The third kappa shape index (κ3) is 2.95. The molecular weight excluding hydrogens is 348 g/mol. The Morgan fingerprint density at radius 1 is 1.04 bits per heavy atom. The molecule has 0 radical (unpaired) electrons. The lowest BCUT2D eigenvalue weighted by atomic mass is 9.99. The molecule has 1 aliphatic heterocycles. The highest BCUT2D eigenvalue weighted by molar-refractivity contribution is 6.13. The van der Waals surface area contributed by atoms with E-state index in [1.807, 2.05) is 41.4 Å². The van der Waals surface area contributed by atoms with Crippen molar-refractivity contribution in [1.82, 2.24) is 14.9 Å². The molecule has 1 saturated heterocycles. The molecule has 0 aliphatic carbocycles. The Balaban J connectivity index is 1.43. The molecule has 2 aromatic carbocycles. The lowest BCUT2D eigenvalue weighted by molar-refractivity contribution is 0.222. The van der Waals surface area contributed by atoms with Crippen LogP contribution in [-0.2, 0) is 0 Å². The number of carbonyl (C=O) groups is 1. The van der Waals surface area contributed by atoms with E-state index in [0.717, 1.165) is 46.9 Å². The van der Waals surface area contributed by atoms with Crippen molar-refractivity contribution in [3.05, 3.63) is 78.8 Å². The van der Waals surface area contributed by atoms with Gasteiger partial charge in [0.1, 0.15) is 0 Å². The Morgan fingerprint density at radius 3 is 2.82 bits per heavy atom. The van der Waals surface area contributed by atoms with Crippen molar-refractivity contribution in [1.29, 1.82) is 0 Å². The highest BCUT2D eigenvalue weighted by Gasteiger charge is 2.27. The number of urea groups is 1. The highest BCUT2D eigenvalue weighted by atomic mass is 16.2. The molecular formula is C23H20N4O. The zero-order valence-electron chi connectivity index (χ0n) is 15.4. The van der Waals surface area contributed by atoms with Crippen LogP contribution in [0, 0.1) is 0 Å². The van der Waals surface area contributed by atoms with E-state index in [1.54, 1.807) is 12.4 Å². The minimum absolute atomic E-state index is 0.0583. The molecule has 3 heterocycles. The average Bonchev–Trinajstić information content (AvgIpc) is 3.25. The maximum absolute atomic E-state index is 13.0.